The number of hydrogen-bond donors (Lipinski definition) is 2. The molecule has 17 heavy (non-hydrogen) atoms. The van der Waals surface area contributed by atoms with Gasteiger partial charge in [0.15, 0.2) is 0 Å². The predicted octanol–water partition coefficient (Wildman–Crippen LogP) is 1.16. The smallest absolute Gasteiger partial charge is 0.408 e. The van der Waals surface area contributed by atoms with Crippen molar-refractivity contribution >= 4 is 6.09 Å². The number of piperidine rings is 1. The van der Waals surface area contributed by atoms with Crippen molar-refractivity contribution in [3.8, 4) is 0 Å². The molecule has 0 aliphatic carbocycles. The molecular weight excluding hydrogens is 218 g/mol. The molecule has 0 aromatic carbocycles. The van der Waals surface area contributed by atoms with Gasteiger partial charge in [-0.15, -0.1) is 0 Å². The molecule has 0 aromatic heterocycles. The topological polar surface area (TPSA) is 55.8 Å². The van der Waals surface area contributed by atoms with Crippen LogP contribution < -0.4 is 5.32 Å². The fourth-order valence-electron chi connectivity index (χ4n) is 3.30. The van der Waals surface area contributed by atoms with Crippen LogP contribution in [-0.4, -0.2) is 59.4 Å². The van der Waals surface area contributed by atoms with E-state index in [1.165, 1.54) is 0 Å². The number of piperazine rings is 1. The first-order chi connectivity index (χ1) is 8.20. The Labute approximate surface area is 103 Å². The summed E-state index contributed by atoms with van der Waals surface area (Å²) in [6.45, 7) is 6.65. The van der Waals surface area contributed by atoms with Gasteiger partial charge in [0, 0.05) is 32.7 Å². The summed E-state index contributed by atoms with van der Waals surface area (Å²) in [7, 11) is 0. The van der Waals surface area contributed by atoms with E-state index in [-0.39, 0.29) is 5.66 Å². The Balaban J connectivity index is 2.21. The Morgan fingerprint density at radius 2 is 2.00 bits per heavy atom. The maximum absolute atomic E-state index is 11.5. The van der Waals surface area contributed by atoms with E-state index in [1.807, 2.05) is 0 Å². The fraction of sp³-hybridized carbons (Fsp3) is 0.917. The molecule has 0 spiro atoms. The van der Waals surface area contributed by atoms with E-state index >= 15 is 0 Å². The van der Waals surface area contributed by atoms with E-state index in [2.05, 4.69) is 17.1 Å². The zero-order chi connectivity index (χ0) is 12.3. The van der Waals surface area contributed by atoms with Crippen LogP contribution in [0.3, 0.4) is 0 Å². The van der Waals surface area contributed by atoms with Gasteiger partial charge in [0.05, 0.1) is 5.66 Å². The normalized spacial score (nSPS) is 31.5. The third-order valence-electron chi connectivity index (χ3n) is 4.21. The quantitative estimate of drug-likeness (QED) is 0.762. The highest BCUT2D eigenvalue weighted by atomic mass is 16.4. The van der Waals surface area contributed by atoms with Crippen molar-refractivity contribution in [3.63, 3.8) is 0 Å². The fourth-order valence-corrected chi connectivity index (χ4v) is 3.30. The van der Waals surface area contributed by atoms with Crippen LogP contribution >= 0.6 is 0 Å². The Morgan fingerprint density at radius 3 is 2.59 bits per heavy atom. The average Bonchev–Trinajstić information content (AvgIpc) is 2.39. The Kier molecular flexibility index (Phi) is 3.89. The minimum Gasteiger partial charge on any atom is -0.465 e. The molecule has 1 atom stereocenters. The first-order valence-electron chi connectivity index (χ1n) is 6.67. The highest BCUT2D eigenvalue weighted by Crippen LogP contribution is 2.34. The number of carbonyl (C=O) groups is 1. The average molecular weight is 241 g/mol. The maximum Gasteiger partial charge on any atom is 0.408 e. The lowest BCUT2D eigenvalue weighted by Gasteiger charge is -2.53. The van der Waals surface area contributed by atoms with Crippen molar-refractivity contribution < 1.29 is 9.90 Å². The molecule has 2 heterocycles. The van der Waals surface area contributed by atoms with E-state index in [4.69, 9.17) is 0 Å². The van der Waals surface area contributed by atoms with Gasteiger partial charge in [-0.1, -0.05) is 6.92 Å². The molecule has 1 amide bonds. The minimum atomic E-state index is -0.759. The first kappa shape index (κ1) is 12.6. The van der Waals surface area contributed by atoms with Gasteiger partial charge >= 0.3 is 6.09 Å². The lowest BCUT2D eigenvalue weighted by atomic mass is 9.90. The Hall–Kier alpha value is -0.810. The van der Waals surface area contributed by atoms with Crippen LogP contribution in [-0.2, 0) is 0 Å². The van der Waals surface area contributed by atoms with Crippen molar-refractivity contribution in [2.75, 3.05) is 32.7 Å². The van der Waals surface area contributed by atoms with Crippen LogP contribution in [0.5, 0.6) is 0 Å². The first-order valence-corrected chi connectivity index (χ1v) is 6.67. The number of likely N-dealkylation sites (tertiary alicyclic amines) is 1. The van der Waals surface area contributed by atoms with Crippen LogP contribution in [0.15, 0.2) is 0 Å². The van der Waals surface area contributed by atoms with Gasteiger partial charge < -0.3 is 10.4 Å². The molecule has 5 nitrogen and oxygen atoms in total. The molecule has 0 bridgehead atoms. The van der Waals surface area contributed by atoms with Crippen molar-refractivity contribution in [2.45, 2.75) is 38.3 Å². The van der Waals surface area contributed by atoms with Crippen molar-refractivity contribution in [2.24, 2.45) is 0 Å². The SMILES string of the molecule is CCC1(N2CCNCC2)CCCCN1C(=O)O. The summed E-state index contributed by atoms with van der Waals surface area (Å²) < 4.78 is 0. The molecule has 5 heteroatoms. The zero-order valence-electron chi connectivity index (χ0n) is 10.6. The van der Waals surface area contributed by atoms with Crippen molar-refractivity contribution in [1.82, 2.24) is 15.1 Å². The van der Waals surface area contributed by atoms with Crippen LogP contribution in [0, 0.1) is 0 Å². The number of rotatable bonds is 2. The molecule has 0 aromatic rings. The van der Waals surface area contributed by atoms with Gasteiger partial charge in [-0.05, 0) is 25.7 Å². The molecule has 0 radical (unpaired) electrons. The molecule has 2 fully saturated rings. The lowest BCUT2D eigenvalue weighted by Crippen LogP contribution is -2.66. The number of nitrogens with zero attached hydrogens (tertiary/aromatic N) is 2. The summed E-state index contributed by atoms with van der Waals surface area (Å²) in [6, 6.07) is 0. The molecule has 1 unspecified atom stereocenters. The second-order valence-electron chi connectivity index (χ2n) is 4.96. The van der Waals surface area contributed by atoms with Gasteiger partial charge in [-0.3, -0.25) is 9.80 Å². The largest absolute Gasteiger partial charge is 0.465 e. The van der Waals surface area contributed by atoms with Crippen LogP contribution in [0.25, 0.3) is 0 Å². The van der Waals surface area contributed by atoms with E-state index in [0.717, 1.165) is 51.9 Å². The third kappa shape index (κ3) is 2.26. The molecule has 0 saturated carbocycles. The summed E-state index contributed by atoms with van der Waals surface area (Å²) in [5.74, 6) is 0. The number of nitrogens with one attached hydrogen (secondary N) is 1. The Morgan fingerprint density at radius 1 is 1.29 bits per heavy atom. The summed E-state index contributed by atoms with van der Waals surface area (Å²) in [6.07, 6.45) is 3.25. The molecule has 2 aliphatic heterocycles. The summed E-state index contributed by atoms with van der Waals surface area (Å²) in [4.78, 5) is 15.5. The number of amides is 1. The van der Waals surface area contributed by atoms with Gasteiger partial charge in [-0.2, -0.15) is 0 Å². The van der Waals surface area contributed by atoms with Crippen LogP contribution in [0.4, 0.5) is 4.79 Å². The minimum absolute atomic E-state index is 0.244. The maximum atomic E-state index is 11.5. The highest BCUT2D eigenvalue weighted by molar-refractivity contribution is 5.66. The predicted molar refractivity (Wildman–Crippen MR) is 66.0 cm³/mol. The van der Waals surface area contributed by atoms with Gasteiger partial charge in [0.1, 0.15) is 0 Å². The Bertz CT molecular complexity index is 279. The van der Waals surface area contributed by atoms with E-state index in [9.17, 15) is 9.90 Å². The molecular formula is C12H23N3O2. The molecule has 2 rings (SSSR count). The molecule has 2 N–H and O–H groups in total. The third-order valence-corrected chi connectivity index (χ3v) is 4.21. The standard InChI is InChI=1S/C12H23N3O2/c1-2-12(14-9-6-13-7-10-14)5-3-4-8-15(12)11(16)17/h13H,2-10H2,1H3,(H,16,17). The zero-order valence-corrected chi connectivity index (χ0v) is 10.6. The van der Waals surface area contributed by atoms with Crippen molar-refractivity contribution in [1.29, 1.82) is 0 Å². The summed E-state index contributed by atoms with van der Waals surface area (Å²) >= 11 is 0. The number of hydrogen-bond acceptors (Lipinski definition) is 3. The van der Waals surface area contributed by atoms with E-state index < -0.39 is 6.09 Å². The van der Waals surface area contributed by atoms with Gasteiger partial charge in [-0.25, -0.2) is 4.79 Å². The van der Waals surface area contributed by atoms with E-state index in [0.29, 0.717) is 6.54 Å². The molecule has 2 saturated heterocycles. The van der Waals surface area contributed by atoms with Crippen molar-refractivity contribution in [3.05, 3.63) is 0 Å². The van der Waals surface area contributed by atoms with Crippen LogP contribution in [0.1, 0.15) is 32.6 Å². The second kappa shape index (κ2) is 5.23. The highest BCUT2D eigenvalue weighted by Gasteiger charge is 2.45. The second-order valence-corrected chi connectivity index (χ2v) is 4.96. The molecule has 2 aliphatic rings. The monoisotopic (exact) mass is 241 g/mol. The summed E-state index contributed by atoms with van der Waals surface area (Å²) in [5, 5.41) is 12.8. The lowest BCUT2D eigenvalue weighted by molar-refractivity contribution is -0.0769. The molecule has 98 valence electrons. The number of carboxylic acid groups (broad SMARTS) is 1. The van der Waals surface area contributed by atoms with E-state index in [1.54, 1.807) is 4.90 Å². The summed E-state index contributed by atoms with van der Waals surface area (Å²) in [5.41, 5.74) is -0.244. The van der Waals surface area contributed by atoms with Gasteiger partial charge in [0.2, 0.25) is 0 Å². The van der Waals surface area contributed by atoms with Crippen LogP contribution in [0.2, 0.25) is 0 Å². The van der Waals surface area contributed by atoms with Gasteiger partial charge in [0.25, 0.3) is 0 Å².